The highest BCUT2D eigenvalue weighted by Crippen LogP contribution is 2.25. The van der Waals surface area contributed by atoms with Gasteiger partial charge in [0.15, 0.2) is 6.10 Å². The Morgan fingerprint density at radius 3 is 2.55 bits per heavy atom. The molecule has 1 amide bonds. The number of carbonyl (C=O) groups is 1. The van der Waals surface area contributed by atoms with Crippen LogP contribution in [0.3, 0.4) is 0 Å². The molecule has 0 aliphatic heterocycles. The van der Waals surface area contributed by atoms with Gasteiger partial charge in [0.2, 0.25) is 0 Å². The molecule has 2 rings (SSSR count). The summed E-state index contributed by atoms with van der Waals surface area (Å²) >= 11 is 3.34. The molecule has 104 valence electrons. The number of hydrogen-bond donors (Lipinski definition) is 1. The first kappa shape index (κ1) is 14.5. The molecule has 3 nitrogen and oxygen atoms in total. The fourth-order valence-corrected chi connectivity index (χ4v) is 1.96. The first-order chi connectivity index (χ1) is 9.58. The number of para-hydroxylation sites is 2. The second-order valence-corrected chi connectivity index (χ2v) is 5.01. The van der Waals surface area contributed by atoms with Gasteiger partial charge in [-0.05, 0) is 47.1 Å². The van der Waals surface area contributed by atoms with Crippen LogP contribution in [0, 0.1) is 5.82 Å². The molecule has 0 heterocycles. The maximum atomic E-state index is 13.4. The zero-order valence-electron chi connectivity index (χ0n) is 10.8. The van der Waals surface area contributed by atoms with Crippen molar-refractivity contribution < 1.29 is 13.9 Å². The van der Waals surface area contributed by atoms with Crippen LogP contribution in [0.4, 0.5) is 10.1 Å². The number of ether oxygens (including phenoxy) is 1. The second kappa shape index (κ2) is 6.52. The van der Waals surface area contributed by atoms with E-state index < -0.39 is 17.8 Å². The van der Waals surface area contributed by atoms with Crippen LogP contribution in [-0.2, 0) is 4.79 Å². The molecule has 0 spiro atoms. The number of anilines is 1. The summed E-state index contributed by atoms with van der Waals surface area (Å²) in [6.45, 7) is 1.61. The largest absolute Gasteiger partial charge is 0.480 e. The first-order valence-corrected chi connectivity index (χ1v) is 6.84. The van der Waals surface area contributed by atoms with Gasteiger partial charge < -0.3 is 10.1 Å². The quantitative estimate of drug-likeness (QED) is 0.915. The zero-order chi connectivity index (χ0) is 14.5. The van der Waals surface area contributed by atoms with Gasteiger partial charge in [-0.25, -0.2) is 4.39 Å². The van der Waals surface area contributed by atoms with E-state index in [-0.39, 0.29) is 5.69 Å². The van der Waals surface area contributed by atoms with Crippen molar-refractivity contribution in [2.24, 2.45) is 0 Å². The average molecular weight is 338 g/mol. The topological polar surface area (TPSA) is 38.3 Å². The SMILES string of the molecule is C[C@@H](Oc1ccccc1Br)C(=O)Nc1ccccc1F. The van der Waals surface area contributed by atoms with E-state index in [1.807, 2.05) is 18.2 Å². The minimum absolute atomic E-state index is 0.139. The van der Waals surface area contributed by atoms with Crippen molar-refractivity contribution in [1.82, 2.24) is 0 Å². The van der Waals surface area contributed by atoms with E-state index in [9.17, 15) is 9.18 Å². The Labute approximate surface area is 124 Å². The fourth-order valence-electron chi connectivity index (χ4n) is 1.58. The Hall–Kier alpha value is -1.88. The van der Waals surface area contributed by atoms with Gasteiger partial charge >= 0.3 is 0 Å². The summed E-state index contributed by atoms with van der Waals surface area (Å²) in [4.78, 5) is 12.0. The molecule has 20 heavy (non-hydrogen) atoms. The van der Waals surface area contributed by atoms with Crippen LogP contribution >= 0.6 is 15.9 Å². The molecular formula is C15H13BrFNO2. The molecule has 0 bridgehead atoms. The van der Waals surface area contributed by atoms with E-state index in [1.54, 1.807) is 25.1 Å². The average Bonchev–Trinajstić information content (AvgIpc) is 2.43. The first-order valence-electron chi connectivity index (χ1n) is 6.04. The Kier molecular flexibility index (Phi) is 4.74. The van der Waals surface area contributed by atoms with Crippen LogP contribution in [-0.4, -0.2) is 12.0 Å². The van der Waals surface area contributed by atoms with Gasteiger partial charge in [-0.1, -0.05) is 24.3 Å². The van der Waals surface area contributed by atoms with E-state index in [0.717, 1.165) is 4.47 Å². The molecule has 1 atom stereocenters. The predicted molar refractivity (Wildman–Crippen MR) is 79.3 cm³/mol. The molecule has 2 aromatic carbocycles. The monoisotopic (exact) mass is 337 g/mol. The van der Waals surface area contributed by atoms with Crippen LogP contribution < -0.4 is 10.1 Å². The van der Waals surface area contributed by atoms with E-state index >= 15 is 0 Å². The third kappa shape index (κ3) is 3.57. The van der Waals surface area contributed by atoms with Gasteiger partial charge in [-0.2, -0.15) is 0 Å². The van der Waals surface area contributed by atoms with E-state index in [2.05, 4.69) is 21.2 Å². The molecule has 0 fully saturated rings. The highest BCUT2D eigenvalue weighted by Gasteiger charge is 2.17. The highest BCUT2D eigenvalue weighted by atomic mass is 79.9. The summed E-state index contributed by atoms with van der Waals surface area (Å²) < 4.78 is 19.7. The van der Waals surface area contributed by atoms with Crippen molar-refractivity contribution in [2.45, 2.75) is 13.0 Å². The molecule has 0 aliphatic rings. The lowest BCUT2D eigenvalue weighted by atomic mass is 10.3. The molecule has 2 aromatic rings. The normalized spacial score (nSPS) is 11.8. The Balaban J connectivity index is 2.03. The van der Waals surface area contributed by atoms with Crippen molar-refractivity contribution in [2.75, 3.05) is 5.32 Å². The van der Waals surface area contributed by atoms with Crippen LogP contribution in [0.2, 0.25) is 0 Å². The number of hydrogen-bond acceptors (Lipinski definition) is 2. The molecule has 5 heteroatoms. The number of carbonyl (C=O) groups excluding carboxylic acids is 1. The minimum Gasteiger partial charge on any atom is -0.480 e. The lowest BCUT2D eigenvalue weighted by molar-refractivity contribution is -0.122. The third-order valence-electron chi connectivity index (χ3n) is 2.64. The van der Waals surface area contributed by atoms with Gasteiger partial charge in [0.25, 0.3) is 5.91 Å². The maximum Gasteiger partial charge on any atom is 0.265 e. The Bertz CT molecular complexity index is 618. The molecule has 0 unspecified atom stereocenters. The molecule has 0 aromatic heterocycles. The van der Waals surface area contributed by atoms with Gasteiger partial charge in [0.05, 0.1) is 10.2 Å². The van der Waals surface area contributed by atoms with Crippen molar-refractivity contribution in [1.29, 1.82) is 0 Å². The smallest absolute Gasteiger partial charge is 0.265 e. The molecule has 0 radical (unpaired) electrons. The Morgan fingerprint density at radius 1 is 1.20 bits per heavy atom. The summed E-state index contributed by atoms with van der Waals surface area (Å²) in [5, 5.41) is 2.50. The zero-order valence-corrected chi connectivity index (χ0v) is 12.4. The van der Waals surface area contributed by atoms with Gasteiger partial charge in [-0.15, -0.1) is 0 Å². The summed E-state index contributed by atoms with van der Waals surface area (Å²) in [6, 6.07) is 13.2. The lowest BCUT2D eigenvalue weighted by Gasteiger charge is -2.15. The van der Waals surface area contributed by atoms with Gasteiger partial charge in [0.1, 0.15) is 11.6 Å². The predicted octanol–water partition coefficient (Wildman–Crippen LogP) is 3.99. The summed E-state index contributed by atoms with van der Waals surface area (Å²) in [5.41, 5.74) is 0.139. The lowest BCUT2D eigenvalue weighted by Crippen LogP contribution is -2.30. The molecule has 0 saturated carbocycles. The Morgan fingerprint density at radius 2 is 1.85 bits per heavy atom. The highest BCUT2D eigenvalue weighted by molar-refractivity contribution is 9.10. The van der Waals surface area contributed by atoms with Crippen molar-refractivity contribution in [3.05, 3.63) is 58.8 Å². The number of halogens is 2. The van der Waals surface area contributed by atoms with E-state index in [1.165, 1.54) is 12.1 Å². The van der Waals surface area contributed by atoms with Crippen LogP contribution in [0.5, 0.6) is 5.75 Å². The second-order valence-electron chi connectivity index (χ2n) is 4.16. The van der Waals surface area contributed by atoms with Gasteiger partial charge in [0, 0.05) is 0 Å². The minimum atomic E-state index is -0.742. The van der Waals surface area contributed by atoms with Crippen LogP contribution in [0.25, 0.3) is 0 Å². The van der Waals surface area contributed by atoms with Crippen molar-refractivity contribution >= 4 is 27.5 Å². The van der Waals surface area contributed by atoms with E-state index in [4.69, 9.17) is 4.74 Å². The van der Waals surface area contributed by atoms with Gasteiger partial charge in [-0.3, -0.25) is 4.79 Å². The number of amides is 1. The molecule has 0 saturated heterocycles. The standard InChI is InChI=1S/C15H13BrFNO2/c1-10(20-14-9-5-2-6-11(14)16)15(19)18-13-8-4-3-7-12(13)17/h2-10H,1H3,(H,18,19)/t10-/m1/s1. The van der Waals surface area contributed by atoms with Crippen molar-refractivity contribution in [3.63, 3.8) is 0 Å². The number of rotatable bonds is 4. The maximum absolute atomic E-state index is 13.4. The molecular weight excluding hydrogens is 325 g/mol. The van der Waals surface area contributed by atoms with Crippen LogP contribution in [0.1, 0.15) is 6.92 Å². The fraction of sp³-hybridized carbons (Fsp3) is 0.133. The summed E-state index contributed by atoms with van der Waals surface area (Å²) in [5.74, 6) is -0.330. The third-order valence-corrected chi connectivity index (χ3v) is 3.30. The van der Waals surface area contributed by atoms with Crippen LogP contribution in [0.15, 0.2) is 53.0 Å². The van der Waals surface area contributed by atoms with E-state index in [0.29, 0.717) is 5.75 Å². The molecule has 0 aliphatic carbocycles. The number of benzene rings is 2. The summed E-state index contributed by atoms with van der Waals surface area (Å²) in [6.07, 6.45) is -0.742. The van der Waals surface area contributed by atoms with Crippen molar-refractivity contribution in [3.8, 4) is 5.75 Å². The molecule has 1 N–H and O–H groups in total. The summed E-state index contributed by atoms with van der Waals surface area (Å²) in [7, 11) is 0. The number of nitrogens with one attached hydrogen (secondary N) is 1.